The molecule has 6 heteroatoms. The maximum absolute atomic E-state index is 11.4. The van der Waals surface area contributed by atoms with Crippen molar-refractivity contribution in [2.24, 2.45) is 0 Å². The van der Waals surface area contributed by atoms with E-state index in [0.29, 0.717) is 5.56 Å². The van der Waals surface area contributed by atoms with Gasteiger partial charge in [-0.3, -0.25) is 9.48 Å². The third-order valence-corrected chi connectivity index (χ3v) is 2.59. The molecule has 15 heavy (non-hydrogen) atoms. The van der Waals surface area contributed by atoms with Crippen molar-refractivity contribution in [2.75, 3.05) is 12.0 Å². The van der Waals surface area contributed by atoms with Gasteiger partial charge in [0.2, 0.25) is 0 Å². The second-order valence-corrected chi connectivity index (χ2v) is 5.63. The highest BCUT2D eigenvalue weighted by Crippen LogP contribution is 2.02. The lowest BCUT2D eigenvalue weighted by molar-refractivity contribution is 0.102. The molecule has 0 saturated carbocycles. The van der Waals surface area contributed by atoms with Crippen LogP contribution < -0.4 is 0 Å². The van der Waals surface area contributed by atoms with Gasteiger partial charge < -0.3 is 0 Å². The van der Waals surface area contributed by atoms with E-state index >= 15 is 0 Å². The molecule has 0 aliphatic carbocycles. The third kappa shape index (κ3) is 3.83. The summed E-state index contributed by atoms with van der Waals surface area (Å²) in [5.74, 6) is -0.856. The number of carbonyl (C=O) groups excluding carboxylic acids is 1. The van der Waals surface area contributed by atoms with E-state index in [1.165, 1.54) is 6.20 Å². The Kier molecular flexibility index (Phi) is 3.62. The van der Waals surface area contributed by atoms with E-state index in [0.717, 1.165) is 19.2 Å². The summed E-state index contributed by atoms with van der Waals surface area (Å²) < 4.78 is 23.4. The molecule has 1 rings (SSSR count). The van der Waals surface area contributed by atoms with Crippen molar-refractivity contribution in [3.05, 3.63) is 18.0 Å². The molecular weight excluding hydrogens is 216 g/mol. The highest BCUT2D eigenvalue weighted by Gasteiger charge is 2.14. The fourth-order valence-corrected chi connectivity index (χ4v) is 1.82. The van der Waals surface area contributed by atoms with Crippen LogP contribution in [0, 0.1) is 0 Å². The van der Waals surface area contributed by atoms with Crippen LogP contribution in [0.1, 0.15) is 23.7 Å². The fourth-order valence-electron chi connectivity index (χ4n) is 1.18. The summed E-state index contributed by atoms with van der Waals surface area (Å²) in [5.41, 5.74) is 0.355. The average Bonchev–Trinajstić information content (AvgIpc) is 2.50. The number of sulfone groups is 1. The van der Waals surface area contributed by atoms with Crippen molar-refractivity contribution in [1.29, 1.82) is 0 Å². The Morgan fingerprint density at radius 1 is 1.53 bits per heavy atom. The van der Waals surface area contributed by atoms with Gasteiger partial charge in [-0.05, 0) is 6.42 Å². The van der Waals surface area contributed by atoms with Crippen LogP contribution in [0.4, 0.5) is 0 Å². The van der Waals surface area contributed by atoms with E-state index in [1.54, 1.807) is 10.9 Å². The number of Topliss-reactive ketones (excluding diaryl/α,β-unsaturated/α-hetero) is 1. The van der Waals surface area contributed by atoms with Crippen LogP contribution in [0.3, 0.4) is 0 Å². The van der Waals surface area contributed by atoms with Crippen LogP contribution in [-0.2, 0) is 16.4 Å². The van der Waals surface area contributed by atoms with Gasteiger partial charge in [-0.15, -0.1) is 0 Å². The van der Waals surface area contributed by atoms with E-state index in [4.69, 9.17) is 0 Å². The zero-order valence-corrected chi connectivity index (χ0v) is 9.62. The monoisotopic (exact) mass is 230 g/mol. The number of ketones is 1. The standard InChI is InChI=1S/C9H14N2O3S/c1-3-4-11-6-8(5-10-11)9(12)7-15(2,13)14/h5-6H,3-4,7H2,1-2H3. The molecule has 0 atom stereocenters. The van der Waals surface area contributed by atoms with Crippen molar-refractivity contribution >= 4 is 15.6 Å². The number of carbonyl (C=O) groups is 1. The first-order chi connectivity index (χ1) is 6.92. The van der Waals surface area contributed by atoms with Gasteiger partial charge in [0, 0.05) is 19.0 Å². The van der Waals surface area contributed by atoms with E-state index < -0.39 is 21.4 Å². The second kappa shape index (κ2) is 4.57. The molecule has 0 bridgehead atoms. The minimum absolute atomic E-state index is 0.355. The molecule has 0 aromatic carbocycles. The SMILES string of the molecule is CCCn1cc(C(=O)CS(C)(=O)=O)cn1. The van der Waals surface area contributed by atoms with Gasteiger partial charge in [-0.2, -0.15) is 5.10 Å². The molecule has 0 fully saturated rings. The summed E-state index contributed by atoms with van der Waals surface area (Å²) >= 11 is 0. The number of hydrogen-bond acceptors (Lipinski definition) is 4. The Morgan fingerprint density at radius 3 is 2.73 bits per heavy atom. The normalized spacial score (nSPS) is 11.6. The Labute approximate surface area is 89.0 Å². The van der Waals surface area contributed by atoms with Crippen molar-refractivity contribution in [3.8, 4) is 0 Å². The first-order valence-corrected chi connectivity index (χ1v) is 6.72. The van der Waals surface area contributed by atoms with Gasteiger partial charge in [-0.25, -0.2) is 8.42 Å². The van der Waals surface area contributed by atoms with Gasteiger partial charge >= 0.3 is 0 Å². The average molecular weight is 230 g/mol. The highest BCUT2D eigenvalue weighted by atomic mass is 32.2. The number of hydrogen-bond donors (Lipinski definition) is 0. The van der Waals surface area contributed by atoms with Crippen LogP contribution in [-0.4, -0.2) is 36.0 Å². The molecule has 0 amide bonds. The Balaban J connectivity index is 2.74. The minimum Gasteiger partial charge on any atom is -0.293 e. The molecule has 0 spiro atoms. The van der Waals surface area contributed by atoms with E-state index in [1.807, 2.05) is 6.92 Å². The van der Waals surface area contributed by atoms with E-state index in [2.05, 4.69) is 5.10 Å². The number of nitrogens with zero attached hydrogens (tertiary/aromatic N) is 2. The molecule has 0 saturated heterocycles. The molecule has 0 radical (unpaired) electrons. The second-order valence-electron chi connectivity index (χ2n) is 3.49. The van der Waals surface area contributed by atoms with Crippen LogP contribution in [0.15, 0.2) is 12.4 Å². The molecule has 0 aliphatic rings. The van der Waals surface area contributed by atoms with Crippen LogP contribution >= 0.6 is 0 Å². The molecule has 1 aromatic rings. The largest absolute Gasteiger partial charge is 0.293 e. The highest BCUT2D eigenvalue weighted by molar-refractivity contribution is 7.91. The van der Waals surface area contributed by atoms with Crippen molar-refractivity contribution in [1.82, 2.24) is 9.78 Å². The summed E-state index contributed by atoms with van der Waals surface area (Å²) in [6.07, 6.45) is 4.95. The summed E-state index contributed by atoms with van der Waals surface area (Å²) in [4.78, 5) is 11.4. The molecule has 0 unspecified atom stereocenters. The fraction of sp³-hybridized carbons (Fsp3) is 0.556. The molecule has 0 N–H and O–H groups in total. The van der Waals surface area contributed by atoms with E-state index in [9.17, 15) is 13.2 Å². The number of aryl methyl sites for hydroxylation is 1. The predicted octanol–water partition coefficient (Wildman–Crippen LogP) is 0.520. The van der Waals surface area contributed by atoms with Crippen LogP contribution in [0.5, 0.6) is 0 Å². The zero-order valence-electron chi connectivity index (χ0n) is 8.80. The predicted molar refractivity (Wildman–Crippen MR) is 56.6 cm³/mol. The first-order valence-electron chi connectivity index (χ1n) is 4.66. The number of aromatic nitrogens is 2. The lowest BCUT2D eigenvalue weighted by Crippen LogP contribution is -2.14. The Hall–Kier alpha value is -1.17. The summed E-state index contributed by atoms with van der Waals surface area (Å²) in [7, 11) is -3.26. The maximum Gasteiger partial charge on any atom is 0.181 e. The van der Waals surface area contributed by atoms with Gasteiger partial charge in [0.1, 0.15) is 5.75 Å². The maximum atomic E-state index is 11.4. The van der Waals surface area contributed by atoms with Crippen molar-refractivity contribution in [3.63, 3.8) is 0 Å². The van der Waals surface area contributed by atoms with Crippen LogP contribution in [0.2, 0.25) is 0 Å². The zero-order chi connectivity index (χ0) is 11.5. The lowest BCUT2D eigenvalue weighted by atomic mass is 10.3. The quantitative estimate of drug-likeness (QED) is 0.691. The smallest absolute Gasteiger partial charge is 0.181 e. The lowest BCUT2D eigenvalue weighted by Gasteiger charge is -1.96. The third-order valence-electron chi connectivity index (χ3n) is 1.80. The summed E-state index contributed by atoms with van der Waals surface area (Å²) in [6.45, 7) is 2.73. The molecule has 1 aromatic heterocycles. The molecule has 1 heterocycles. The molecular formula is C9H14N2O3S. The molecule has 84 valence electrons. The minimum atomic E-state index is -3.26. The van der Waals surface area contributed by atoms with Crippen molar-refractivity contribution in [2.45, 2.75) is 19.9 Å². The van der Waals surface area contributed by atoms with Crippen molar-refractivity contribution < 1.29 is 13.2 Å². The first kappa shape index (κ1) is 11.9. The van der Waals surface area contributed by atoms with Gasteiger partial charge in [-0.1, -0.05) is 6.92 Å². The van der Waals surface area contributed by atoms with Gasteiger partial charge in [0.15, 0.2) is 15.6 Å². The topological polar surface area (TPSA) is 69.0 Å². The summed E-state index contributed by atoms with van der Waals surface area (Å²) in [5, 5.41) is 3.96. The van der Waals surface area contributed by atoms with E-state index in [-0.39, 0.29) is 0 Å². The number of rotatable bonds is 5. The van der Waals surface area contributed by atoms with Gasteiger partial charge in [0.05, 0.1) is 11.8 Å². The summed E-state index contributed by atoms with van der Waals surface area (Å²) in [6, 6.07) is 0. The molecule has 5 nitrogen and oxygen atoms in total. The van der Waals surface area contributed by atoms with Crippen LogP contribution in [0.25, 0.3) is 0 Å². The van der Waals surface area contributed by atoms with Gasteiger partial charge in [0.25, 0.3) is 0 Å². The Bertz CT molecular complexity index is 448. The molecule has 0 aliphatic heterocycles. The Morgan fingerprint density at radius 2 is 2.20 bits per heavy atom.